The molecule has 0 aliphatic carbocycles. The van der Waals surface area contributed by atoms with Crippen LogP contribution >= 0.6 is 11.3 Å². The van der Waals surface area contributed by atoms with E-state index in [1.54, 1.807) is 12.1 Å². The van der Waals surface area contributed by atoms with E-state index in [4.69, 9.17) is 0 Å². The summed E-state index contributed by atoms with van der Waals surface area (Å²) in [5.41, 5.74) is -0.158. The number of hydrogen-bond donors (Lipinski definition) is 2. The Hall–Kier alpha value is -3.79. The summed E-state index contributed by atoms with van der Waals surface area (Å²) in [4.78, 5) is 36.1. The molecule has 1 aliphatic heterocycles. The first-order chi connectivity index (χ1) is 18.2. The summed E-state index contributed by atoms with van der Waals surface area (Å²) in [6.07, 6.45) is -1.10. The maximum atomic E-state index is 13.9. The van der Waals surface area contributed by atoms with Crippen molar-refractivity contribution >= 4 is 34.6 Å². The number of pyridine rings is 1. The van der Waals surface area contributed by atoms with Crippen LogP contribution in [0.2, 0.25) is 0 Å². The Morgan fingerprint density at radius 3 is 2.50 bits per heavy atom. The van der Waals surface area contributed by atoms with Crippen molar-refractivity contribution in [1.29, 1.82) is 0 Å². The van der Waals surface area contributed by atoms with Crippen molar-refractivity contribution in [3.05, 3.63) is 69.9 Å². The monoisotopic (exact) mass is 542 g/mol. The fraction of sp³-hybridized carbons (Fsp3) is 0.308. The van der Waals surface area contributed by atoms with Crippen LogP contribution in [0.25, 0.3) is 0 Å². The number of amides is 2. The summed E-state index contributed by atoms with van der Waals surface area (Å²) in [6.45, 7) is 6.19. The van der Waals surface area contributed by atoms with Gasteiger partial charge in [-0.05, 0) is 42.3 Å². The van der Waals surface area contributed by atoms with Gasteiger partial charge in [0.25, 0.3) is 5.91 Å². The largest absolute Gasteiger partial charge is 0.416 e. The van der Waals surface area contributed by atoms with E-state index in [9.17, 15) is 22.8 Å². The Labute approximate surface area is 221 Å². The van der Waals surface area contributed by atoms with E-state index in [0.717, 1.165) is 37.0 Å². The van der Waals surface area contributed by atoms with Crippen molar-refractivity contribution in [2.75, 3.05) is 43.4 Å². The van der Waals surface area contributed by atoms with Gasteiger partial charge in [0.1, 0.15) is 5.82 Å². The van der Waals surface area contributed by atoms with Crippen LogP contribution in [0.4, 0.5) is 24.1 Å². The van der Waals surface area contributed by atoms with Gasteiger partial charge in [-0.15, -0.1) is 0 Å². The molecule has 8 nitrogen and oxygen atoms in total. The lowest BCUT2D eigenvalue weighted by atomic mass is 10.0. The van der Waals surface area contributed by atoms with E-state index in [-0.39, 0.29) is 22.8 Å². The molecular weight excluding hydrogens is 517 g/mol. The van der Waals surface area contributed by atoms with Crippen LogP contribution in [0.3, 0.4) is 0 Å². The maximum Gasteiger partial charge on any atom is 0.416 e. The molecule has 0 spiro atoms. The van der Waals surface area contributed by atoms with Gasteiger partial charge < -0.3 is 10.2 Å². The molecule has 0 bridgehead atoms. The van der Waals surface area contributed by atoms with Crippen LogP contribution in [0.15, 0.2) is 42.7 Å². The Morgan fingerprint density at radius 2 is 1.84 bits per heavy atom. The quantitative estimate of drug-likeness (QED) is 0.348. The number of halogens is 3. The molecule has 12 heteroatoms. The third-order valence-electron chi connectivity index (χ3n) is 6.01. The van der Waals surface area contributed by atoms with E-state index in [2.05, 4.69) is 44.3 Å². The molecule has 198 valence electrons. The van der Waals surface area contributed by atoms with Crippen LogP contribution in [0, 0.1) is 11.8 Å². The molecule has 1 fully saturated rings. The van der Waals surface area contributed by atoms with Gasteiger partial charge in [0.05, 0.1) is 16.6 Å². The molecule has 1 aliphatic rings. The molecule has 0 saturated carbocycles. The van der Waals surface area contributed by atoms with Crippen LogP contribution in [-0.2, 0) is 17.5 Å². The molecule has 3 heterocycles. The predicted molar refractivity (Wildman–Crippen MR) is 139 cm³/mol. The fourth-order valence-corrected chi connectivity index (χ4v) is 4.60. The summed E-state index contributed by atoms with van der Waals surface area (Å²) in [5.74, 6) is 5.50. The lowest BCUT2D eigenvalue weighted by Crippen LogP contribution is -2.45. The van der Waals surface area contributed by atoms with Crippen molar-refractivity contribution < 1.29 is 22.8 Å². The summed E-state index contributed by atoms with van der Waals surface area (Å²) in [7, 11) is 0. The lowest BCUT2D eigenvalue weighted by Gasteiger charge is -2.34. The zero-order chi connectivity index (χ0) is 27.1. The van der Waals surface area contributed by atoms with Gasteiger partial charge in [-0.1, -0.05) is 30.2 Å². The van der Waals surface area contributed by atoms with Gasteiger partial charge in [-0.3, -0.25) is 19.8 Å². The highest BCUT2D eigenvalue weighted by Gasteiger charge is 2.34. The van der Waals surface area contributed by atoms with E-state index in [1.807, 2.05) is 4.90 Å². The van der Waals surface area contributed by atoms with Crippen molar-refractivity contribution in [2.24, 2.45) is 0 Å². The second-order valence-electron chi connectivity index (χ2n) is 8.51. The Kier molecular flexibility index (Phi) is 8.73. The topological polar surface area (TPSA) is 90.5 Å². The smallest absolute Gasteiger partial charge is 0.313 e. The lowest BCUT2D eigenvalue weighted by molar-refractivity contribution is -0.138. The molecule has 0 atom stereocenters. The van der Waals surface area contributed by atoms with E-state index in [0.29, 0.717) is 35.8 Å². The Balaban J connectivity index is 1.43. The molecule has 2 N–H and O–H groups in total. The highest BCUT2D eigenvalue weighted by Crippen LogP contribution is 2.34. The minimum atomic E-state index is -4.59. The average molecular weight is 543 g/mol. The molecule has 38 heavy (non-hydrogen) atoms. The van der Waals surface area contributed by atoms with Gasteiger partial charge in [0, 0.05) is 50.0 Å². The number of anilines is 2. The average Bonchev–Trinajstić information content (AvgIpc) is 3.35. The summed E-state index contributed by atoms with van der Waals surface area (Å²) in [5, 5.41) is 5.20. The number of alkyl halides is 3. The predicted octanol–water partition coefficient (Wildman–Crippen LogP) is 3.91. The summed E-state index contributed by atoms with van der Waals surface area (Å²) >= 11 is 1.10. The van der Waals surface area contributed by atoms with Gasteiger partial charge in [0.15, 0.2) is 5.13 Å². The zero-order valence-electron chi connectivity index (χ0n) is 20.5. The number of carbonyl (C=O) groups is 2. The normalized spacial score (nSPS) is 14.4. The molecule has 3 aromatic rings. The number of likely N-dealkylation sites (N-methyl/N-ethyl adjacent to an activating group) is 1. The van der Waals surface area contributed by atoms with Crippen LogP contribution in [0.1, 0.15) is 38.8 Å². The van der Waals surface area contributed by atoms with Gasteiger partial charge in [-0.2, -0.15) is 13.2 Å². The first-order valence-corrected chi connectivity index (χ1v) is 12.7. The van der Waals surface area contributed by atoms with E-state index >= 15 is 0 Å². The maximum absolute atomic E-state index is 13.9. The number of nitrogens with one attached hydrogen (secondary N) is 2. The number of nitrogens with zero attached hydrogens (tertiary/aromatic N) is 4. The minimum absolute atomic E-state index is 0.102. The first kappa shape index (κ1) is 27.3. The highest BCUT2D eigenvalue weighted by atomic mass is 32.1. The molecular formula is C26H25F3N6O2S. The third-order valence-corrected chi connectivity index (χ3v) is 6.84. The van der Waals surface area contributed by atoms with Crippen molar-refractivity contribution in [3.63, 3.8) is 0 Å². The third kappa shape index (κ3) is 7.16. The second kappa shape index (κ2) is 12.2. The van der Waals surface area contributed by atoms with Gasteiger partial charge in [-0.25, -0.2) is 9.97 Å². The van der Waals surface area contributed by atoms with E-state index < -0.39 is 17.6 Å². The van der Waals surface area contributed by atoms with Crippen molar-refractivity contribution in [2.45, 2.75) is 19.6 Å². The number of benzene rings is 1. The Bertz CT molecular complexity index is 1340. The summed E-state index contributed by atoms with van der Waals surface area (Å²) < 4.78 is 41.6. The fourth-order valence-electron chi connectivity index (χ4n) is 3.93. The second-order valence-corrected chi connectivity index (χ2v) is 9.54. The molecule has 4 rings (SSSR count). The molecule has 0 radical (unpaired) electrons. The van der Waals surface area contributed by atoms with Crippen molar-refractivity contribution in [3.8, 4) is 11.8 Å². The van der Waals surface area contributed by atoms with Crippen molar-refractivity contribution in [1.82, 2.24) is 19.8 Å². The van der Waals surface area contributed by atoms with E-state index in [1.165, 1.54) is 24.5 Å². The first-order valence-electron chi connectivity index (χ1n) is 11.9. The molecule has 1 aromatic carbocycles. The highest BCUT2D eigenvalue weighted by molar-refractivity contribution is 7.16. The number of carbonyl (C=O) groups excluding carboxylic acids is 2. The number of hydrogen-bond acceptors (Lipinski definition) is 7. The number of aromatic nitrogens is 2. The van der Waals surface area contributed by atoms with Crippen LogP contribution in [-0.4, -0.2) is 64.8 Å². The molecule has 1 saturated heterocycles. The number of piperazine rings is 1. The SMILES string of the molecule is CCN1CCN(Cc2ccc(C(=O)Nc3ncc(C#Cc4ccc(NC=O)nc4)s3)cc2C(F)(F)F)CC1. The van der Waals surface area contributed by atoms with Crippen LogP contribution < -0.4 is 10.6 Å². The molecule has 2 aromatic heterocycles. The molecule has 2 amide bonds. The van der Waals surface area contributed by atoms with Crippen LogP contribution in [0.5, 0.6) is 0 Å². The summed E-state index contributed by atoms with van der Waals surface area (Å²) in [6, 6.07) is 6.98. The Morgan fingerprint density at radius 1 is 1.08 bits per heavy atom. The van der Waals surface area contributed by atoms with Gasteiger partial charge >= 0.3 is 6.18 Å². The number of rotatable bonds is 7. The molecule has 0 unspecified atom stereocenters. The zero-order valence-corrected chi connectivity index (χ0v) is 21.3. The van der Waals surface area contributed by atoms with Gasteiger partial charge in [0.2, 0.25) is 6.41 Å². The standard InChI is InChI=1S/C26H25F3N6O2S/c1-2-34-9-11-35(12-10-34)16-20-6-5-19(13-22(20)26(27,28)29)24(37)33-25-31-15-21(38-25)7-3-18-4-8-23(30-14-18)32-17-36/h4-6,8,13-15,17H,2,9-12,16H2,1H3,(H,30,32,36)(H,31,33,37). The minimum Gasteiger partial charge on any atom is -0.313 e. The number of thiazole rings is 1.